The third-order valence-corrected chi connectivity index (χ3v) is 6.39. The second-order valence-electron chi connectivity index (χ2n) is 8.57. The van der Waals surface area contributed by atoms with E-state index in [1.165, 1.54) is 0 Å². The molecule has 9 heteroatoms. The van der Waals surface area contributed by atoms with Crippen LogP contribution < -0.4 is 20.5 Å². The minimum atomic E-state index is 0.110. The molecule has 2 aromatic carbocycles. The Morgan fingerprint density at radius 1 is 1.18 bits per heavy atom. The third kappa shape index (κ3) is 4.22. The number of likely N-dealkylation sites (N-methyl/N-ethyl adjacent to an activating group) is 1. The Morgan fingerprint density at radius 2 is 2.00 bits per heavy atom. The molecule has 1 aliphatic heterocycles. The fourth-order valence-corrected chi connectivity index (χ4v) is 4.58. The first kappa shape index (κ1) is 22.3. The van der Waals surface area contributed by atoms with Gasteiger partial charge in [0.05, 0.1) is 35.4 Å². The van der Waals surface area contributed by atoms with E-state index in [0.717, 1.165) is 36.0 Å². The lowest BCUT2D eigenvalue weighted by atomic mass is 10.1. The van der Waals surface area contributed by atoms with Crippen molar-refractivity contribution in [1.29, 1.82) is 0 Å². The monoisotopic (exact) mass is 478 g/mol. The first-order chi connectivity index (χ1) is 16.4. The van der Waals surface area contributed by atoms with E-state index in [1.54, 1.807) is 25.4 Å². The molecule has 0 aliphatic carbocycles. The van der Waals surface area contributed by atoms with Crippen molar-refractivity contribution in [3.05, 3.63) is 53.8 Å². The van der Waals surface area contributed by atoms with E-state index >= 15 is 0 Å². The van der Waals surface area contributed by atoms with E-state index in [1.807, 2.05) is 25.4 Å². The average Bonchev–Trinajstić information content (AvgIpc) is 3.39. The van der Waals surface area contributed by atoms with E-state index in [0.29, 0.717) is 39.5 Å². The highest BCUT2D eigenvalue weighted by molar-refractivity contribution is 6.33. The summed E-state index contributed by atoms with van der Waals surface area (Å²) in [4.78, 5) is 11.3. The van der Waals surface area contributed by atoms with Gasteiger partial charge in [-0.2, -0.15) is 0 Å². The van der Waals surface area contributed by atoms with Gasteiger partial charge in [0.15, 0.2) is 0 Å². The molecule has 3 heterocycles. The summed E-state index contributed by atoms with van der Waals surface area (Å²) >= 11 is 6.51. The molecule has 1 fully saturated rings. The molecule has 3 N–H and O–H groups in total. The molecule has 2 aromatic heterocycles. The van der Waals surface area contributed by atoms with Crippen LogP contribution in [0.5, 0.6) is 11.5 Å². The number of nitrogen functional groups attached to an aromatic ring is 1. The van der Waals surface area contributed by atoms with E-state index in [2.05, 4.69) is 38.9 Å². The molecule has 1 aliphatic rings. The van der Waals surface area contributed by atoms with Crippen molar-refractivity contribution in [3.8, 4) is 22.8 Å². The number of aromatic nitrogens is 3. The number of nitrogens with zero attached hydrogens (tertiary/aromatic N) is 4. The smallest absolute Gasteiger partial charge is 0.227 e. The number of rotatable bonds is 6. The average molecular weight is 479 g/mol. The van der Waals surface area contributed by atoms with Crippen molar-refractivity contribution in [2.24, 2.45) is 7.05 Å². The van der Waals surface area contributed by atoms with Gasteiger partial charge < -0.3 is 30.0 Å². The summed E-state index contributed by atoms with van der Waals surface area (Å²) in [6.07, 6.45) is 4.69. The van der Waals surface area contributed by atoms with Gasteiger partial charge in [0.25, 0.3) is 0 Å². The summed E-state index contributed by atoms with van der Waals surface area (Å²) in [6.45, 7) is 1.88. The first-order valence-corrected chi connectivity index (χ1v) is 11.5. The lowest BCUT2D eigenvalue weighted by molar-refractivity contribution is 0.208. The Balaban J connectivity index is 1.46. The number of benzene rings is 2. The number of methoxy groups -OCH3 is 1. The fraction of sp³-hybridized carbons (Fsp3) is 0.280. The van der Waals surface area contributed by atoms with Gasteiger partial charge in [-0.25, -0.2) is 9.97 Å². The van der Waals surface area contributed by atoms with Crippen LogP contribution in [0.25, 0.3) is 22.2 Å². The first-order valence-electron chi connectivity index (χ1n) is 11.1. The normalized spacial score (nSPS) is 16.2. The summed E-state index contributed by atoms with van der Waals surface area (Å²) in [6, 6.07) is 11.7. The Hall–Kier alpha value is -3.49. The van der Waals surface area contributed by atoms with Crippen molar-refractivity contribution in [1.82, 2.24) is 19.4 Å². The molecular formula is C25H27ClN6O2. The van der Waals surface area contributed by atoms with Crippen LogP contribution in [0.15, 0.2) is 48.8 Å². The van der Waals surface area contributed by atoms with Gasteiger partial charge >= 0.3 is 0 Å². The maximum Gasteiger partial charge on any atom is 0.227 e. The number of aryl methyl sites for hydroxylation is 1. The molecule has 1 atom stereocenters. The molecule has 1 saturated heterocycles. The Bertz CT molecular complexity index is 1350. The lowest BCUT2D eigenvalue weighted by Gasteiger charge is -2.18. The molecule has 0 unspecified atom stereocenters. The third-order valence-electron chi connectivity index (χ3n) is 6.12. The standard InChI is InChI=1S/C25H27ClN6O2/c1-31-9-8-15(13-31)34-22-11-23(33-3)20(10-19(22)27)29-25-28-12-18(26)24(30-25)17-14-32(2)21-7-5-4-6-16(17)21/h4-7,10-12,14-15H,8-9,13,27H2,1-3H3,(H,28,29,30)/t15-/m1/s1. The van der Waals surface area contributed by atoms with Crippen molar-refractivity contribution < 1.29 is 9.47 Å². The van der Waals surface area contributed by atoms with Crippen LogP contribution in [0.4, 0.5) is 17.3 Å². The van der Waals surface area contributed by atoms with Gasteiger partial charge in [-0.15, -0.1) is 0 Å². The van der Waals surface area contributed by atoms with Crippen LogP contribution in [-0.4, -0.2) is 52.8 Å². The number of ether oxygens (including phenoxy) is 2. The van der Waals surface area contributed by atoms with E-state index in [4.69, 9.17) is 31.8 Å². The topological polar surface area (TPSA) is 90.5 Å². The predicted molar refractivity (Wildman–Crippen MR) is 136 cm³/mol. The molecule has 0 bridgehead atoms. The summed E-state index contributed by atoms with van der Waals surface area (Å²) in [5.41, 5.74) is 10.2. The highest BCUT2D eigenvalue weighted by Gasteiger charge is 2.23. The van der Waals surface area contributed by atoms with Crippen LogP contribution >= 0.6 is 11.6 Å². The predicted octanol–water partition coefficient (Wildman–Crippen LogP) is 4.71. The lowest BCUT2D eigenvalue weighted by Crippen LogP contribution is -2.21. The van der Waals surface area contributed by atoms with E-state index < -0.39 is 0 Å². The molecule has 176 valence electrons. The van der Waals surface area contributed by atoms with Gasteiger partial charge in [0, 0.05) is 48.9 Å². The number of para-hydroxylation sites is 1. The number of hydrogen-bond acceptors (Lipinski definition) is 7. The number of hydrogen-bond donors (Lipinski definition) is 2. The number of nitrogens with two attached hydrogens (primary N) is 1. The van der Waals surface area contributed by atoms with Gasteiger partial charge in [0.1, 0.15) is 17.6 Å². The van der Waals surface area contributed by atoms with E-state index in [-0.39, 0.29) is 6.10 Å². The Labute approximate surface area is 203 Å². The molecule has 0 radical (unpaired) electrons. The van der Waals surface area contributed by atoms with Gasteiger partial charge in [-0.3, -0.25) is 0 Å². The molecule has 4 aromatic rings. The molecule has 0 amide bonds. The highest BCUT2D eigenvalue weighted by Crippen LogP contribution is 2.38. The molecule has 8 nitrogen and oxygen atoms in total. The van der Waals surface area contributed by atoms with Crippen LogP contribution in [0.3, 0.4) is 0 Å². The summed E-state index contributed by atoms with van der Waals surface area (Å²) in [5, 5.41) is 4.77. The summed E-state index contributed by atoms with van der Waals surface area (Å²) < 4.78 is 13.8. The van der Waals surface area contributed by atoms with E-state index in [9.17, 15) is 0 Å². The van der Waals surface area contributed by atoms with Gasteiger partial charge in [-0.05, 0) is 25.6 Å². The number of fused-ring (bicyclic) bond motifs is 1. The Kier molecular flexibility index (Phi) is 5.93. The Morgan fingerprint density at radius 3 is 2.76 bits per heavy atom. The maximum absolute atomic E-state index is 6.51. The zero-order valence-corrected chi connectivity index (χ0v) is 20.1. The van der Waals surface area contributed by atoms with Crippen molar-refractivity contribution in [2.45, 2.75) is 12.5 Å². The van der Waals surface area contributed by atoms with Gasteiger partial charge in [-0.1, -0.05) is 29.8 Å². The van der Waals surface area contributed by atoms with Crippen LogP contribution in [0.2, 0.25) is 5.02 Å². The molecule has 0 saturated carbocycles. The number of nitrogens with one attached hydrogen (secondary N) is 1. The largest absolute Gasteiger partial charge is 0.494 e. The number of likely N-dealkylation sites (tertiary alicyclic amines) is 1. The summed E-state index contributed by atoms with van der Waals surface area (Å²) in [7, 11) is 5.69. The number of halogens is 1. The minimum absolute atomic E-state index is 0.110. The zero-order chi connectivity index (χ0) is 23.8. The van der Waals surface area contributed by atoms with Gasteiger partial charge in [0.2, 0.25) is 5.95 Å². The second kappa shape index (κ2) is 9.04. The molecule has 0 spiro atoms. The van der Waals surface area contributed by atoms with Crippen LogP contribution in [0.1, 0.15) is 6.42 Å². The van der Waals surface area contributed by atoms with Crippen molar-refractivity contribution in [2.75, 3.05) is 38.3 Å². The summed E-state index contributed by atoms with van der Waals surface area (Å²) in [5.74, 6) is 1.58. The van der Waals surface area contributed by atoms with Crippen LogP contribution in [0, 0.1) is 0 Å². The van der Waals surface area contributed by atoms with Crippen LogP contribution in [-0.2, 0) is 7.05 Å². The molecule has 5 rings (SSSR count). The van der Waals surface area contributed by atoms with Crippen molar-refractivity contribution >= 4 is 39.8 Å². The maximum atomic E-state index is 6.51. The fourth-order valence-electron chi connectivity index (χ4n) is 4.38. The quantitative estimate of drug-likeness (QED) is 0.388. The molecular weight excluding hydrogens is 452 g/mol. The minimum Gasteiger partial charge on any atom is -0.494 e. The molecule has 34 heavy (non-hydrogen) atoms. The SMILES string of the molecule is COc1cc(O[C@@H]2CCN(C)C2)c(N)cc1Nc1ncc(Cl)c(-c2cn(C)c3ccccc23)n1. The van der Waals surface area contributed by atoms with Crippen molar-refractivity contribution in [3.63, 3.8) is 0 Å². The zero-order valence-electron chi connectivity index (χ0n) is 19.4. The number of anilines is 3. The second-order valence-corrected chi connectivity index (χ2v) is 8.97. The highest BCUT2D eigenvalue weighted by atomic mass is 35.5.